The first-order valence-electron chi connectivity index (χ1n) is 3.86. The molecule has 0 bridgehead atoms. The lowest BCUT2D eigenvalue weighted by atomic mass is 9.79. The van der Waals surface area contributed by atoms with Crippen molar-refractivity contribution < 1.29 is 0 Å². The van der Waals surface area contributed by atoms with Gasteiger partial charge >= 0.3 is 0 Å². The fourth-order valence-corrected chi connectivity index (χ4v) is 1.36. The van der Waals surface area contributed by atoms with Crippen molar-refractivity contribution in [2.24, 2.45) is 5.41 Å². The smallest absolute Gasteiger partial charge is 0.00899 e. The van der Waals surface area contributed by atoms with Crippen LogP contribution >= 0.6 is 0 Å². The van der Waals surface area contributed by atoms with Crippen LogP contribution in [0.25, 0.3) is 0 Å². The summed E-state index contributed by atoms with van der Waals surface area (Å²) >= 11 is 0. The highest BCUT2D eigenvalue weighted by Crippen LogP contribution is 2.29. The molecule has 0 radical (unpaired) electrons. The number of hydrogen-bond donors (Lipinski definition) is 1. The molecule has 0 aromatic rings. The first-order valence-corrected chi connectivity index (χ1v) is 3.86. The Balaban J connectivity index is 2.49. The SMILES string of the molecule is CC1NCCCC1(C)C. The van der Waals surface area contributed by atoms with Crippen LogP contribution < -0.4 is 5.32 Å². The van der Waals surface area contributed by atoms with Gasteiger partial charge in [-0.25, -0.2) is 0 Å². The summed E-state index contributed by atoms with van der Waals surface area (Å²) in [6.07, 6.45) is 2.72. The average Bonchev–Trinajstić information content (AvgIpc) is 1.77. The van der Waals surface area contributed by atoms with Gasteiger partial charge in [-0.1, -0.05) is 13.8 Å². The number of nitrogens with one attached hydrogen (secondary N) is 1. The van der Waals surface area contributed by atoms with Gasteiger partial charge in [-0.15, -0.1) is 0 Å². The van der Waals surface area contributed by atoms with Gasteiger partial charge < -0.3 is 5.32 Å². The zero-order valence-electron chi connectivity index (χ0n) is 6.70. The minimum Gasteiger partial charge on any atom is -0.314 e. The molecule has 1 aliphatic heterocycles. The summed E-state index contributed by atoms with van der Waals surface area (Å²) in [5.41, 5.74) is 0.526. The molecule has 0 spiro atoms. The zero-order chi connectivity index (χ0) is 6.91. The van der Waals surface area contributed by atoms with E-state index in [1.807, 2.05) is 0 Å². The topological polar surface area (TPSA) is 12.0 Å². The largest absolute Gasteiger partial charge is 0.314 e. The van der Waals surface area contributed by atoms with E-state index in [2.05, 4.69) is 26.1 Å². The van der Waals surface area contributed by atoms with Crippen molar-refractivity contribution in [1.29, 1.82) is 0 Å². The van der Waals surface area contributed by atoms with Crippen LogP contribution in [0.1, 0.15) is 33.6 Å². The van der Waals surface area contributed by atoms with Crippen LogP contribution in [0.2, 0.25) is 0 Å². The Morgan fingerprint density at radius 2 is 2.11 bits per heavy atom. The highest BCUT2D eigenvalue weighted by Gasteiger charge is 2.27. The lowest BCUT2D eigenvalue weighted by Gasteiger charge is -2.37. The van der Waals surface area contributed by atoms with Crippen LogP contribution in [-0.4, -0.2) is 12.6 Å². The monoisotopic (exact) mass is 127 g/mol. The Hall–Kier alpha value is -0.0400. The van der Waals surface area contributed by atoms with E-state index < -0.39 is 0 Å². The highest BCUT2D eigenvalue weighted by molar-refractivity contribution is 4.84. The molecule has 1 rings (SSSR count). The fourth-order valence-electron chi connectivity index (χ4n) is 1.36. The molecule has 0 aromatic carbocycles. The van der Waals surface area contributed by atoms with Gasteiger partial charge in [0.15, 0.2) is 0 Å². The van der Waals surface area contributed by atoms with Gasteiger partial charge in [-0.05, 0) is 31.7 Å². The molecule has 1 aliphatic rings. The van der Waals surface area contributed by atoms with Gasteiger partial charge in [0, 0.05) is 6.04 Å². The third-order valence-electron chi connectivity index (χ3n) is 2.62. The molecular weight excluding hydrogens is 110 g/mol. The third kappa shape index (κ3) is 1.45. The minimum atomic E-state index is 0.526. The summed E-state index contributed by atoms with van der Waals surface area (Å²) in [6, 6.07) is 0.700. The van der Waals surface area contributed by atoms with E-state index in [1.165, 1.54) is 19.4 Å². The summed E-state index contributed by atoms with van der Waals surface area (Å²) < 4.78 is 0. The van der Waals surface area contributed by atoms with Crippen LogP contribution in [-0.2, 0) is 0 Å². The van der Waals surface area contributed by atoms with E-state index >= 15 is 0 Å². The van der Waals surface area contributed by atoms with Crippen molar-refractivity contribution in [2.45, 2.75) is 39.7 Å². The lowest BCUT2D eigenvalue weighted by Crippen LogP contribution is -2.44. The van der Waals surface area contributed by atoms with Gasteiger partial charge in [-0.2, -0.15) is 0 Å². The van der Waals surface area contributed by atoms with Crippen LogP contribution in [0.4, 0.5) is 0 Å². The average molecular weight is 127 g/mol. The van der Waals surface area contributed by atoms with E-state index in [9.17, 15) is 0 Å². The van der Waals surface area contributed by atoms with Crippen LogP contribution in [0.3, 0.4) is 0 Å². The Morgan fingerprint density at radius 1 is 1.44 bits per heavy atom. The van der Waals surface area contributed by atoms with Crippen LogP contribution in [0.15, 0.2) is 0 Å². The maximum Gasteiger partial charge on any atom is 0.00899 e. The molecular formula is C8H17N. The first kappa shape index (κ1) is 7.07. The zero-order valence-corrected chi connectivity index (χ0v) is 6.70. The van der Waals surface area contributed by atoms with Crippen molar-refractivity contribution in [3.63, 3.8) is 0 Å². The minimum absolute atomic E-state index is 0.526. The van der Waals surface area contributed by atoms with Gasteiger partial charge in [0.1, 0.15) is 0 Å². The van der Waals surface area contributed by atoms with Crippen LogP contribution in [0.5, 0.6) is 0 Å². The van der Waals surface area contributed by atoms with Gasteiger partial charge in [0.25, 0.3) is 0 Å². The van der Waals surface area contributed by atoms with Gasteiger partial charge in [0.2, 0.25) is 0 Å². The van der Waals surface area contributed by atoms with E-state index in [1.54, 1.807) is 0 Å². The molecule has 1 heterocycles. The predicted octanol–water partition coefficient (Wildman–Crippen LogP) is 1.78. The second kappa shape index (κ2) is 2.30. The normalized spacial score (nSPS) is 34.3. The summed E-state index contributed by atoms with van der Waals surface area (Å²) in [5.74, 6) is 0. The molecule has 1 saturated heterocycles. The summed E-state index contributed by atoms with van der Waals surface area (Å²) in [5, 5.41) is 3.47. The van der Waals surface area contributed by atoms with E-state index in [0.717, 1.165) is 0 Å². The molecule has 1 fully saturated rings. The Bertz CT molecular complexity index is 96.7. The van der Waals surface area contributed by atoms with Crippen molar-refractivity contribution >= 4 is 0 Å². The van der Waals surface area contributed by atoms with Crippen molar-refractivity contribution in [1.82, 2.24) is 5.32 Å². The van der Waals surface area contributed by atoms with E-state index in [-0.39, 0.29) is 0 Å². The van der Waals surface area contributed by atoms with Crippen molar-refractivity contribution in [3.05, 3.63) is 0 Å². The Kier molecular flexibility index (Phi) is 1.80. The fraction of sp³-hybridized carbons (Fsp3) is 1.00. The highest BCUT2D eigenvalue weighted by atomic mass is 14.9. The molecule has 9 heavy (non-hydrogen) atoms. The molecule has 0 aliphatic carbocycles. The molecule has 54 valence electrons. The number of rotatable bonds is 0. The Morgan fingerprint density at radius 3 is 2.44 bits per heavy atom. The molecule has 1 N–H and O–H groups in total. The van der Waals surface area contributed by atoms with Crippen LogP contribution in [0, 0.1) is 5.41 Å². The molecule has 0 saturated carbocycles. The summed E-state index contributed by atoms with van der Waals surface area (Å²) in [6.45, 7) is 8.16. The summed E-state index contributed by atoms with van der Waals surface area (Å²) in [7, 11) is 0. The lowest BCUT2D eigenvalue weighted by molar-refractivity contribution is 0.194. The second-order valence-corrected chi connectivity index (χ2v) is 3.77. The molecule has 1 heteroatoms. The third-order valence-corrected chi connectivity index (χ3v) is 2.62. The predicted molar refractivity (Wildman–Crippen MR) is 40.5 cm³/mol. The molecule has 1 unspecified atom stereocenters. The first-order chi connectivity index (χ1) is 4.13. The second-order valence-electron chi connectivity index (χ2n) is 3.77. The standard InChI is InChI=1S/C8H17N/c1-7-8(2,3)5-4-6-9-7/h7,9H,4-6H2,1-3H3. The van der Waals surface area contributed by atoms with Crippen molar-refractivity contribution in [3.8, 4) is 0 Å². The molecule has 1 nitrogen and oxygen atoms in total. The molecule has 1 atom stereocenters. The van der Waals surface area contributed by atoms with Gasteiger partial charge in [0.05, 0.1) is 0 Å². The van der Waals surface area contributed by atoms with E-state index in [4.69, 9.17) is 0 Å². The maximum atomic E-state index is 3.47. The molecule has 0 amide bonds. The Labute approximate surface area is 57.8 Å². The van der Waals surface area contributed by atoms with Gasteiger partial charge in [-0.3, -0.25) is 0 Å². The van der Waals surface area contributed by atoms with E-state index in [0.29, 0.717) is 11.5 Å². The summed E-state index contributed by atoms with van der Waals surface area (Å²) in [4.78, 5) is 0. The molecule has 0 aromatic heterocycles. The van der Waals surface area contributed by atoms with Crippen molar-refractivity contribution in [2.75, 3.05) is 6.54 Å². The number of piperidine rings is 1. The number of hydrogen-bond acceptors (Lipinski definition) is 1. The maximum absolute atomic E-state index is 3.47. The quantitative estimate of drug-likeness (QED) is 0.523.